The highest BCUT2D eigenvalue weighted by atomic mass is 16.1. The summed E-state index contributed by atoms with van der Waals surface area (Å²) in [6, 6.07) is 5.48. The fourth-order valence-corrected chi connectivity index (χ4v) is 2.06. The summed E-state index contributed by atoms with van der Waals surface area (Å²) in [5.41, 5.74) is 2.12. The van der Waals surface area contributed by atoms with Crippen LogP contribution in [0.4, 0.5) is 0 Å². The maximum absolute atomic E-state index is 12.2. The first-order valence-electron chi connectivity index (χ1n) is 7.22. The van der Waals surface area contributed by atoms with Gasteiger partial charge in [0.25, 0.3) is 5.91 Å². The monoisotopic (exact) mass is 273 g/mol. The molecule has 0 radical (unpaired) electrons. The number of nitrogens with one attached hydrogen (secondary N) is 1. The largest absolute Gasteiger partial charge is 0.352 e. The molecular weight excluding hydrogens is 250 g/mol. The molecule has 0 saturated heterocycles. The molecule has 1 N–H and O–H groups in total. The Kier molecular flexibility index (Phi) is 3.98. The zero-order valence-corrected chi connectivity index (χ0v) is 12.7. The fraction of sp³-hybridized carbons (Fsp3) is 0.529. The molecule has 3 heteroatoms. The molecule has 2 rings (SSSR count). The minimum atomic E-state index is -0.0863. The number of hydrogen-bond acceptors (Lipinski definition) is 2. The van der Waals surface area contributed by atoms with Gasteiger partial charge in [0.05, 0.1) is 0 Å². The topological polar surface area (TPSA) is 46.2 Å². The second kappa shape index (κ2) is 5.39. The van der Waals surface area contributed by atoms with Crippen molar-refractivity contribution in [3.05, 3.63) is 34.9 Å². The molecule has 0 aromatic heterocycles. The SMILES string of the molecule is CC(=O)c1cc(C(=O)NCC2CC2)cc(C(C)(C)C)c1. The van der Waals surface area contributed by atoms with E-state index in [1.54, 1.807) is 6.07 Å². The molecule has 1 aliphatic rings. The lowest BCUT2D eigenvalue weighted by Crippen LogP contribution is -2.26. The number of carbonyl (C=O) groups excluding carboxylic acids is 2. The van der Waals surface area contributed by atoms with Gasteiger partial charge in [0.1, 0.15) is 0 Å². The summed E-state index contributed by atoms with van der Waals surface area (Å²) in [7, 11) is 0. The van der Waals surface area contributed by atoms with Crippen molar-refractivity contribution >= 4 is 11.7 Å². The van der Waals surface area contributed by atoms with E-state index >= 15 is 0 Å². The molecule has 1 fully saturated rings. The molecule has 1 aliphatic carbocycles. The predicted octanol–water partition coefficient (Wildman–Crippen LogP) is 3.33. The molecule has 0 heterocycles. The van der Waals surface area contributed by atoms with Crippen LogP contribution in [0, 0.1) is 5.92 Å². The lowest BCUT2D eigenvalue weighted by atomic mass is 9.84. The normalized spacial score (nSPS) is 15.0. The minimum Gasteiger partial charge on any atom is -0.352 e. The Hall–Kier alpha value is -1.64. The van der Waals surface area contributed by atoms with Gasteiger partial charge in [-0.3, -0.25) is 9.59 Å². The van der Waals surface area contributed by atoms with Crippen LogP contribution in [0.5, 0.6) is 0 Å². The Bertz CT molecular complexity index is 536. The van der Waals surface area contributed by atoms with Gasteiger partial charge in [-0.2, -0.15) is 0 Å². The molecule has 0 unspecified atom stereocenters. The smallest absolute Gasteiger partial charge is 0.251 e. The maximum atomic E-state index is 12.2. The summed E-state index contributed by atoms with van der Waals surface area (Å²) >= 11 is 0. The van der Waals surface area contributed by atoms with Crippen LogP contribution in [0.15, 0.2) is 18.2 Å². The quantitative estimate of drug-likeness (QED) is 0.855. The second-order valence-electron chi connectivity index (χ2n) is 6.76. The van der Waals surface area contributed by atoms with E-state index in [4.69, 9.17) is 0 Å². The molecule has 0 spiro atoms. The van der Waals surface area contributed by atoms with Crippen LogP contribution in [-0.2, 0) is 5.41 Å². The Labute approximate surface area is 120 Å². The van der Waals surface area contributed by atoms with Gasteiger partial charge in [0.2, 0.25) is 0 Å². The van der Waals surface area contributed by atoms with Crippen molar-refractivity contribution in [2.24, 2.45) is 5.92 Å². The zero-order chi connectivity index (χ0) is 14.9. The number of amides is 1. The van der Waals surface area contributed by atoms with Gasteiger partial charge >= 0.3 is 0 Å². The van der Waals surface area contributed by atoms with E-state index in [0.29, 0.717) is 17.0 Å². The zero-order valence-electron chi connectivity index (χ0n) is 12.7. The first-order chi connectivity index (χ1) is 9.27. The Morgan fingerprint density at radius 3 is 2.25 bits per heavy atom. The van der Waals surface area contributed by atoms with Gasteiger partial charge in [-0.1, -0.05) is 20.8 Å². The van der Waals surface area contributed by atoms with Crippen molar-refractivity contribution in [3.63, 3.8) is 0 Å². The van der Waals surface area contributed by atoms with Crippen molar-refractivity contribution in [2.45, 2.75) is 46.0 Å². The molecule has 1 saturated carbocycles. The average Bonchev–Trinajstić information content (AvgIpc) is 3.18. The van der Waals surface area contributed by atoms with Gasteiger partial charge in [-0.25, -0.2) is 0 Å². The molecule has 0 aliphatic heterocycles. The Balaban J connectivity index is 2.27. The number of hydrogen-bond donors (Lipinski definition) is 1. The van der Waals surface area contributed by atoms with E-state index in [0.717, 1.165) is 12.1 Å². The van der Waals surface area contributed by atoms with Crippen LogP contribution in [0.2, 0.25) is 0 Å². The second-order valence-corrected chi connectivity index (χ2v) is 6.76. The van der Waals surface area contributed by atoms with Crippen molar-refractivity contribution in [1.29, 1.82) is 0 Å². The van der Waals surface area contributed by atoms with Crippen molar-refractivity contribution in [1.82, 2.24) is 5.32 Å². The third-order valence-electron chi connectivity index (χ3n) is 3.72. The lowest BCUT2D eigenvalue weighted by molar-refractivity contribution is 0.0951. The van der Waals surface area contributed by atoms with Gasteiger partial charge in [0, 0.05) is 17.7 Å². The summed E-state index contributed by atoms with van der Waals surface area (Å²) in [4.78, 5) is 23.9. The van der Waals surface area contributed by atoms with Crippen LogP contribution in [0.25, 0.3) is 0 Å². The van der Waals surface area contributed by atoms with Crippen LogP contribution in [0.3, 0.4) is 0 Å². The first kappa shape index (κ1) is 14.8. The van der Waals surface area contributed by atoms with Crippen LogP contribution >= 0.6 is 0 Å². The van der Waals surface area contributed by atoms with E-state index in [1.165, 1.54) is 19.8 Å². The molecule has 1 aromatic carbocycles. The molecule has 3 nitrogen and oxygen atoms in total. The summed E-state index contributed by atoms with van der Waals surface area (Å²) in [5, 5.41) is 2.96. The standard InChI is InChI=1S/C17H23NO2/c1-11(19)13-7-14(9-15(8-13)17(2,3)4)16(20)18-10-12-5-6-12/h7-9,12H,5-6,10H2,1-4H3,(H,18,20). The lowest BCUT2D eigenvalue weighted by Gasteiger charge is -2.21. The van der Waals surface area contributed by atoms with E-state index in [1.807, 2.05) is 12.1 Å². The van der Waals surface area contributed by atoms with Gasteiger partial charge in [-0.05, 0) is 54.9 Å². The number of rotatable bonds is 4. The summed E-state index contributed by atoms with van der Waals surface area (Å²) in [6.45, 7) is 8.52. The van der Waals surface area contributed by atoms with E-state index in [2.05, 4.69) is 26.1 Å². The number of ketones is 1. The van der Waals surface area contributed by atoms with E-state index < -0.39 is 0 Å². The number of benzene rings is 1. The Morgan fingerprint density at radius 1 is 1.15 bits per heavy atom. The highest BCUT2D eigenvalue weighted by Gasteiger charge is 2.23. The third kappa shape index (κ3) is 3.69. The average molecular weight is 273 g/mol. The maximum Gasteiger partial charge on any atom is 0.251 e. The van der Waals surface area contributed by atoms with Crippen molar-refractivity contribution in [2.75, 3.05) is 6.54 Å². The van der Waals surface area contributed by atoms with Gasteiger partial charge < -0.3 is 5.32 Å². The van der Waals surface area contributed by atoms with Crippen molar-refractivity contribution < 1.29 is 9.59 Å². The van der Waals surface area contributed by atoms with Crippen LogP contribution < -0.4 is 5.32 Å². The van der Waals surface area contributed by atoms with Crippen molar-refractivity contribution in [3.8, 4) is 0 Å². The molecule has 0 atom stereocenters. The van der Waals surface area contributed by atoms with Crippen LogP contribution in [0.1, 0.15) is 66.8 Å². The molecule has 1 amide bonds. The van der Waals surface area contributed by atoms with Crippen LogP contribution in [-0.4, -0.2) is 18.2 Å². The number of carbonyl (C=O) groups is 2. The third-order valence-corrected chi connectivity index (χ3v) is 3.72. The van der Waals surface area contributed by atoms with E-state index in [9.17, 15) is 9.59 Å². The van der Waals surface area contributed by atoms with Gasteiger partial charge in [0.15, 0.2) is 5.78 Å². The predicted molar refractivity (Wildman–Crippen MR) is 80.2 cm³/mol. The summed E-state index contributed by atoms with van der Waals surface area (Å²) < 4.78 is 0. The molecule has 108 valence electrons. The Morgan fingerprint density at radius 2 is 1.75 bits per heavy atom. The fourth-order valence-electron chi connectivity index (χ4n) is 2.06. The highest BCUT2D eigenvalue weighted by molar-refractivity contribution is 6.00. The van der Waals surface area contributed by atoms with Gasteiger partial charge in [-0.15, -0.1) is 0 Å². The molecular formula is C17H23NO2. The summed E-state index contributed by atoms with van der Waals surface area (Å²) in [6.07, 6.45) is 2.42. The minimum absolute atomic E-state index is 0.00709. The molecule has 1 aromatic rings. The van der Waals surface area contributed by atoms with E-state index in [-0.39, 0.29) is 17.1 Å². The molecule has 0 bridgehead atoms. The molecule has 20 heavy (non-hydrogen) atoms. The highest BCUT2D eigenvalue weighted by Crippen LogP contribution is 2.28. The number of Topliss-reactive ketones (excluding diaryl/α,β-unsaturated/α-hetero) is 1. The first-order valence-corrected chi connectivity index (χ1v) is 7.22. The summed E-state index contributed by atoms with van der Waals surface area (Å²) in [5.74, 6) is 0.565.